The van der Waals surface area contributed by atoms with Crippen LogP contribution >= 0.6 is 0 Å². The van der Waals surface area contributed by atoms with Crippen molar-refractivity contribution in [3.05, 3.63) is 0 Å². The van der Waals surface area contributed by atoms with Crippen molar-refractivity contribution in [3.8, 4) is 0 Å². The number of likely N-dealkylation sites (tertiary alicyclic amines) is 2. The third-order valence-electron chi connectivity index (χ3n) is 4.14. The average Bonchev–Trinajstić information content (AvgIpc) is 3.04. The van der Waals surface area contributed by atoms with Gasteiger partial charge in [0.2, 0.25) is 11.8 Å². The predicted molar refractivity (Wildman–Crippen MR) is 73.6 cm³/mol. The van der Waals surface area contributed by atoms with Crippen molar-refractivity contribution in [1.29, 1.82) is 0 Å². The van der Waals surface area contributed by atoms with Crippen LogP contribution in [0.5, 0.6) is 0 Å². The molecule has 2 atom stereocenters. The minimum atomic E-state index is -1.47. The molecule has 2 saturated heterocycles. The zero-order valence-electron chi connectivity index (χ0n) is 11.8. The highest BCUT2D eigenvalue weighted by Gasteiger charge is 2.36. The maximum Gasteiger partial charge on any atom is 0.475 e. The van der Waals surface area contributed by atoms with E-state index in [1.807, 2.05) is 0 Å². The number of nitrogens with zero attached hydrogens (tertiary/aromatic N) is 2. The Bertz CT molecular complexity index is 380. The van der Waals surface area contributed by atoms with Crippen molar-refractivity contribution >= 4 is 18.9 Å². The first kappa shape index (κ1) is 15.3. The summed E-state index contributed by atoms with van der Waals surface area (Å²) >= 11 is 0. The Morgan fingerprint density at radius 1 is 1.30 bits per heavy atom. The molecule has 8 heteroatoms. The van der Waals surface area contributed by atoms with Gasteiger partial charge in [-0.1, -0.05) is 0 Å². The second-order valence-electron chi connectivity index (χ2n) is 5.54. The Balaban J connectivity index is 1.77. The van der Waals surface area contributed by atoms with Crippen LogP contribution in [0.2, 0.25) is 0 Å². The van der Waals surface area contributed by atoms with Crippen LogP contribution in [-0.2, 0) is 9.59 Å². The smallest absolute Gasteiger partial charge is 0.426 e. The lowest BCUT2D eigenvalue weighted by atomic mass is 9.78. The molecule has 0 radical (unpaired) electrons. The molecule has 2 fully saturated rings. The molecule has 0 bridgehead atoms. The van der Waals surface area contributed by atoms with Gasteiger partial charge in [-0.2, -0.15) is 0 Å². The van der Waals surface area contributed by atoms with Gasteiger partial charge in [0.15, 0.2) is 0 Å². The molecule has 20 heavy (non-hydrogen) atoms. The maximum atomic E-state index is 12.1. The summed E-state index contributed by atoms with van der Waals surface area (Å²) in [4.78, 5) is 26.6. The van der Waals surface area contributed by atoms with Crippen LogP contribution in [0.1, 0.15) is 26.2 Å². The third-order valence-corrected chi connectivity index (χ3v) is 4.14. The van der Waals surface area contributed by atoms with E-state index in [-0.39, 0.29) is 24.4 Å². The Labute approximate surface area is 119 Å². The summed E-state index contributed by atoms with van der Waals surface area (Å²) in [5, 5.41) is 21.6. The number of amides is 2. The molecule has 2 rings (SSSR count). The van der Waals surface area contributed by atoms with Gasteiger partial charge >= 0.3 is 7.12 Å². The molecule has 7 nitrogen and oxygen atoms in total. The highest BCUT2D eigenvalue weighted by Crippen LogP contribution is 2.18. The number of rotatable bonds is 4. The molecule has 2 aliphatic rings. The van der Waals surface area contributed by atoms with Crippen LogP contribution in [0.4, 0.5) is 0 Å². The number of nitrogens with one attached hydrogen (secondary N) is 1. The van der Waals surface area contributed by atoms with E-state index in [0.717, 1.165) is 19.4 Å². The van der Waals surface area contributed by atoms with Crippen molar-refractivity contribution in [2.45, 2.75) is 38.2 Å². The summed E-state index contributed by atoms with van der Waals surface area (Å²) in [5.74, 6) is -0.535. The zero-order valence-corrected chi connectivity index (χ0v) is 11.8. The van der Waals surface area contributed by atoms with Gasteiger partial charge < -0.3 is 25.2 Å². The van der Waals surface area contributed by atoms with Crippen LogP contribution in [0.15, 0.2) is 0 Å². The van der Waals surface area contributed by atoms with Gasteiger partial charge in [0.1, 0.15) is 0 Å². The molecular weight excluding hydrogens is 261 g/mol. The summed E-state index contributed by atoms with van der Waals surface area (Å²) < 4.78 is 0. The first-order valence-electron chi connectivity index (χ1n) is 7.13. The van der Waals surface area contributed by atoms with Crippen LogP contribution in [0.3, 0.4) is 0 Å². The van der Waals surface area contributed by atoms with Gasteiger partial charge in [0, 0.05) is 32.6 Å². The zero-order chi connectivity index (χ0) is 14.7. The molecule has 2 aliphatic heterocycles. The van der Waals surface area contributed by atoms with E-state index in [1.165, 1.54) is 4.90 Å². The maximum absolute atomic E-state index is 12.1. The first-order valence-corrected chi connectivity index (χ1v) is 7.13. The van der Waals surface area contributed by atoms with E-state index in [4.69, 9.17) is 0 Å². The number of carbonyl (C=O) groups excluding carboxylic acids is 2. The van der Waals surface area contributed by atoms with Crippen LogP contribution in [-0.4, -0.2) is 76.9 Å². The standard InChI is InChI=1S/C12H22BN3O4/c1-9(17)15-6-4-10(8-15)14-7-12(18)16-5-2-3-11(16)13(19)20/h10-11,14,19-20H,2-8H2,1H3/t10-,11+/m1/s1. The van der Waals surface area contributed by atoms with Gasteiger partial charge in [-0.3, -0.25) is 9.59 Å². The van der Waals surface area contributed by atoms with E-state index >= 15 is 0 Å². The molecular formula is C12H22BN3O4. The van der Waals surface area contributed by atoms with E-state index in [1.54, 1.807) is 11.8 Å². The quantitative estimate of drug-likeness (QED) is 0.529. The van der Waals surface area contributed by atoms with E-state index in [9.17, 15) is 19.6 Å². The second kappa shape index (κ2) is 6.56. The number of carbonyl (C=O) groups is 2. The molecule has 0 aromatic carbocycles. The van der Waals surface area contributed by atoms with Gasteiger partial charge in [0.05, 0.1) is 12.5 Å². The average molecular weight is 283 g/mol. The highest BCUT2D eigenvalue weighted by molar-refractivity contribution is 6.43. The van der Waals surface area contributed by atoms with Gasteiger partial charge in [-0.05, 0) is 19.3 Å². The Kier molecular flexibility index (Phi) is 5.01. The molecule has 2 amide bonds. The van der Waals surface area contributed by atoms with Crippen LogP contribution < -0.4 is 5.32 Å². The van der Waals surface area contributed by atoms with Crippen molar-refractivity contribution in [1.82, 2.24) is 15.1 Å². The largest absolute Gasteiger partial charge is 0.475 e. The molecule has 0 aromatic heterocycles. The lowest BCUT2D eigenvalue weighted by Crippen LogP contribution is -2.49. The highest BCUT2D eigenvalue weighted by atomic mass is 16.4. The fraction of sp³-hybridized carbons (Fsp3) is 0.833. The van der Waals surface area contributed by atoms with Crippen LogP contribution in [0, 0.1) is 0 Å². The summed E-state index contributed by atoms with van der Waals surface area (Å²) in [6.07, 6.45) is 2.28. The summed E-state index contributed by atoms with van der Waals surface area (Å²) in [7, 11) is -1.47. The summed E-state index contributed by atoms with van der Waals surface area (Å²) in [5.41, 5.74) is 0. The monoisotopic (exact) mass is 283 g/mol. The van der Waals surface area contributed by atoms with Gasteiger partial charge in [0.25, 0.3) is 0 Å². The topological polar surface area (TPSA) is 93.1 Å². The molecule has 3 N–H and O–H groups in total. The molecule has 2 heterocycles. The van der Waals surface area contributed by atoms with Crippen molar-refractivity contribution in [3.63, 3.8) is 0 Å². The predicted octanol–water partition coefficient (Wildman–Crippen LogP) is -1.80. The number of hydrogen-bond acceptors (Lipinski definition) is 5. The van der Waals surface area contributed by atoms with Gasteiger partial charge in [-0.25, -0.2) is 0 Å². The Morgan fingerprint density at radius 3 is 2.65 bits per heavy atom. The second-order valence-corrected chi connectivity index (χ2v) is 5.54. The third kappa shape index (κ3) is 3.50. The Hall–Kier alpha value is -1.12. The molecule has 0 aromatic rings. The summed E-state index contributed by atoms with van der Waals surface area (Å²) in [6, 6.07) is 0.142. The van der Waals surface area contributed by atoms with Crippen molar-refractivity contribution < 1.29 is 19.6 Å². The van der Waals surface area contributed by atoms with Crippen LogP contribution in [0.25, 0.3) is 0 Å². The minimum Gasteiger partial charge on any atom is -0.426 e. The Morgan fingerprint density at radius 2 is 2.05 bits per heavy atom. The van der Waals surface area contributed by atoms with Crippen molar-refractivity contribution in [2.75, 3.05) is 26.2 Å². The number of hydrogen-bond donors (Lipinski definition) is 3. The normalized spacial score (nSPS) is 26.1. The minimum absolute atomic E-state index is 0.0589. The fourth-order valence-corrected chi connectivity index (χ4v) is 2.96. The van der Waals surface area contributed by atoms with Crippen molar-refractivity contribution in [2.24, 2.45) is 0 Å². The fourth-order valence-electron chi connectivity index (χ4n) is 2.96. The van der Waals surface area contributed by atoms with Gasteiger partial charge in [-0.15, -0.1) is 0 Å². The molecule has 0 aliphatic carbocycles. The first-order chi connectivity index (χ1) is 9.49. The summed E-state index contributed by atoms with van der Waals surface area (Å²) in [6.45, 7) is 3.66. The lowest BCUT2D eigenvalue weighted by molar-refractivity contribution is -0.130. The molecule has 0 spiro atoms. The molecule has 0 saturated carbocycles. The molecule has 0 unspecified atom stereocenters. The SMILES string of the molecule is CC(=O)N1CC[C@@H](NCC(=O)N2CCC[C@H]2B(O)O)C1. The molecule has 112 valence electrons. The lowest BCUT2D eigenvalue weighted by Gasteiger charge is -2.25. The van der Waals surface area contributed by atoms with E-state index in [0.29, 0.717) is 19.5 Å². The van der Waals surface area contributed by atoms with E-state index in [2.05, 4.69) is 5.32 Å². The van der Waals surface area contributed by atoms with E-state index < -0.39 is 13.1 Å².